The summed E-state index contributed by atoms with van der Waals surface area (Å²) in [5.74, 6) is 0.303. The van der Waals surface area contributed by atoms with Crippen LogP contribution in [0.5, 0.6) is 0 Å². The van der Waals surface area contributed by atoms with E-state index >= 15 is 0 Å². The van der Waals surface area contributed by atoms with Gasteiger partial charge in [0.2, 0.25) is 0 Å². The molecule has 3 saturated carbocycles. The van der Waals surface area contributed by atoms with Crippen molar-refractivity contribution in [3.8, 4) is 6.07 Å². The van der Waals surface area contributed by atoms with Gasteiger partial charge in [-0.2, -0.15) is 5.26 Å². The molecular formula is C16H17NO2. The molecule has 1 unspecified atom stereocenters. The summed E-state index contributed by atoms with van der Waals surface area (Å²) in [4.78, 5) is 12.2. The summed E-state index contributed by atoms with van der Waals surface area (Å²) < 4.78 is 5.41. The molecule has 0 heterocycles. The molecule has 3 heteroatoms. The maximum atomic E-state index is 12.2. The number of carbonyl (C=O) groups excluding carboxylic acids is 1. The van der Waals surface area contributed by atoms with E-state index in [1.165, 1.54) is 5.56 Å². The molecule has 19 heavy (non-hydrogen) atoms. The highest BCUT2D eigenvalue weighted by Gasteiger charge is 2.63. The first kappa shape index (κ1) is 12.2. The first-order valence-electron chi connectivity index (χ1n) is 6.85. The Morgan fingerprint density at radius 2 is 2.11 bits per heavy atom. The molecule has 3 aliphatic rings. The fraction of sp³-hybridized carbons (Fsp3) is 0.500. The number of carbonyl (C=O) groups is 1. The van der Waals surface area contributed by atoms with Crippen LogP contribution < -0.4 is 0 Å². The highest BCUT2D eigenvalue weighted by Crippen LogP contribution is 2.62. The van der Waals surface area contributed by atoms with Crippen molar-refractivity contribution < 1.29 is 9.53 Å². The van der Waals surface area contributed by atoms with Crippen molar-refractivity contribution in [2.75, 3.05) is 6.61 Å². The molecule has 0 spiro atoms. The number of nitriles is 1. The lowest BCUT2D eigenvalue weighted by Crippen LogP contribution is -2.41. The molecule has 0 amide bonds. The SMILES string of the molecule is N#CC1CC2CC1(C(=O)OCCc1ccccc1)C2. The Kier molecular flexibility index (Phi) is 3.02. The Balaban J connectivity index is 1.54. The lowest BCUT2D eigenvalue weighted by molar-refractivity contribution is -0.162. The van der Waals surface area contributed by atoms with Gasteiger partial charge in [0.15, 0.2) is 0 Å². The average Bonchev–Trinajstić information content (AvgIpc) is 2.94. The summed E-state index contributed by atoms with van der Waals surface area (Å²) in [7, 11) is 0. The van der Waals surface area contributed by atoms with Crippen LogP contribution in [0.1, 0.15) is 24.8 Å². The quantitative estimate of drug-likeness (QED) is 0.777. The third-order valence-electron chi connectivity index (χ3n) is 4.57. The van der Waals surface area contributed by atoms with Crippen molar-refractivity contribution in [1.29, 1.82) is 5.26 Å². The van der Waals surface area contributed by atoms with Crippen molar-refractivity contribution >= 4 is 5.97 Å². The van der Waals surface area contributed by atoms with E-state index in [9.17, 15) is 4.79 Å². The zero-order valence-corrected chi connectivity index (χ0v) is 10.8. The second kappa shape index (κ2) is 4.70. The number of esters is 1. The minimum atomic E-state index is -0.462. The number of hydrogen-bond acceptors (Lipinski definition) is 3. The van der Waals surface area contributed by atoms with E-state index < -0.39 is 5.41 Å². The normalized spacial score (nSPS) is 31.3. The Morgan fingerprint density at radius 1 is 1.37 bits per heavy atom. The molecule has 3 nitrogen and oxygen atoms in total. The molecule has 0 N–H and O–H groups in total. The van der Waals surface area contributed by atoms with Gasteiger partial charge in [-0.05, 0) is 30.7 Å². The lowest BCUT2D eigenvalue weighted by Gasteiger charge is -2.36. The van der Waals surface area contributed by atoms with Gasteiger partial charge in [-0.1, -0.05) is 30.3 Å². The number of nitrogens with zero attached hydrogens (tertiary/aromatic N) is 1. The molecule has 4 rings (SSSR count). The first-order chi connectivity index (χ1) is 9.24. The van der Waals surface area contributed by atoms with Crippen molar-refractivity contribution in [3.63, 3.8) is 0 Å². The van der Waals surface area contributed by atoms with Crippen molar-refractivity contribution in [1.82, 2.24) is 0 Å². The van der Waals surface area contributed by atoms with Crippen LogP contribution >= 0.6 is 0 Å². The number of ether oxygens (including phenoxy) is 1. The molecule has 0 aromatic heterocycles. The maximum absolute atomic E-state index is 12.2. The van der Waals surface area contributed by atoms with E-state index in [0.29, 0.717) is 12.5 Å². The highest BCUT2D eigenvalue weighted by molar-refractivity contribution is 5.80. The standard InChI is InChI=1S/C16H17NO2/c17-11-14-8-13-9-16(14,10-13)15(18)19-7-6-12-4-2-1-3-5-12/h1-5,13-14H,6-10H2. The molecular weight excluding hydrogens is 238 g/mol. The van der Waals surface area contributed by atoms with Gasteiger partial charge in [0.05, 0.1) is 24.0 Å². The average molecular weight is 255 g/mol. The second-order valence-electron chi connectivity index (χ2n) is 5.72. The molecule has 3 aliphatic carbocycles. The van der Waals surface area contributed by atoms with Gasteiger partial charge in [-0.3, -0.25) is 4.79 Å². The van der Waals surface area contributed by atoms with Gasteiger partial charge in [-0.25, -0.2) is 0 Å². The van der Waals surface area contributed by atoms with Gasteiger partial charge in [-0.15, -0.1) is 0 Å². The van der Waals surface area contributed by atoms with Crippen LogP contribution in [-0.2, 0) is 16.0 Å². The summed E-state index contributed by atoms with van der Waals surface area (Å²) in [6, 6.07) is 12.3. The van der Waals surface area contributed by atoms with E-state index in [4.69, 9.17) is 10.00 Å². The summed E-state index contributed by atoms with van der Waals surface area (Å²) in [6.45, 7) is 0.410. The Labute approximate surface area is 113 Å². The van der Waals surface area contributed by atoms with Crippen LogP contribution in [0.4, 0.5) is 0 Å². The smallest absolute Gasteiger partial charge is 0.313 e. The fourth-order valence-corrected chi connectivity index (χ4v) is 3.52. The fourth-order valence-electron chi connectivity index (χ4n) is 3.52. The van der Waals surface area contributed by atoms with Gasteiger partial charge in [0.25, 0.3) is 0 Å². The van der Waals surface area contributed by atoms with E-state index in [-0.39, 0.29) is 11.9 Å². The summed E-state index contributed by atoms with van der Waals surface area (Å²) in [6.07, 6.45) is 3.33. The maximum Gasteiger partial charge on any atom is 0.313 e. The Bertz CT molecular complexity index is 511. The van der Waals surface area contributed by atoms with E-state index in [1.807, 2.05) is 30.3 Å². The summed E-state index contributed by atoms with van der Waals surface area (Å²) in [5, 5.41) is 9.12. The second-order valence-corrected chi connectivity index (χ2v) is 5.72. The van der Waals surface area contributed by atoms with E-state index in [2.05, 4.69) is 6.07 Å². The number of fused-ring (bicyclic) bond motifs is 1. The van der Waals surface area contributed by atoms with Gasteiger partial charge >= 0.3 is 5.97 Å². The molecule has 0 radical (unpaired) electrons. The Hall–Kier alpha value is -1.82. The lowest BCUT2D eigenvalue weighted by atomic mass is 9.67. The van der Waals surface area contributed by atoms with E-state index in [1.54, 1.807) is 0 Å². The molecule has 0 saturated heterocycles. The van der Waals surface area contributed by atoms with Gasteiger partial charge in [0, 0.05) is 6.42 Å². The predicted molar refractivity (Wildman–Crippen MR) is 70.0 cm³/mol. The van der Waals surface area contributed by atoms with Gasteiger partial charge < -0.3 is 4.74 Å². The van der Waals surface area contributed by atoms with Crippen molar-refractivity contribution in [2.45, 2.75) is 25.7 Å². The molecule has 2 bridgehead atoms. The van der Waals surface area contributed by atoms with Crippen LogP contribution in [0, 0.1) is 28.6 Å². The number of benzene rings is 1. The first-order valence-corrected chi connectivity index (χ1v) is 6.85. The van der Waals surface area contributed by atoms with Crippen LogP contribution in [0.2, 0.25) is 0 Å². The third-order valence-corrected chi connectivity index (χ3v) is 4.57. The predicted octanol–water partition coefficient (Wildman–Crippen LogP) is 2.71. The van der Waals surface area contributed by atoms with Crippen molar-refractivity contribution in [2.24, 2.45) is 17.3 Å². The zero-order chi connectivity index (χ0) is 13.3. The van der Waals surface area contributed by atoms with Crippen LogP contribution in [0.25, 0.3) is 0 Å². The zero-order valence-electron chi connectivity index (χ0n) is 10.8. The largest absolute Gasteiger partial charge is 0.465 e. The molecule has 1 aromatic carbocycles. The minimum Gasteiger partial charge on any atom is -0.465 e. The summed E-state index contributed by atoms with van der Waals surface area (Å²) in [5.41, 5.74) is 0.707. The number of rotatable bonds is 4. The molecule has 3 fully saturated rings. The molecule has 0 aliphatic heterocycles. The Morgan fingerprint density at radius 3 is 2.79 bits per heavy atom. The van der Waals surface area contributed by atoms with E-state index in [0.717, 1.165) is 25.7 Å². The van der Waals surface area contributed by atoms with Crippen LogP contribution in [0.15, 0.2) is 30.3 Å². The molecule has 98 valence electrons. The minimum absolute atomic E-state index is 0.123. The topological polar surface area (TPSA) is 50.1 Å². The van der Waals surface area contributed by atoms with Crippen LogP contribution in [0.3, 0.4) is 0 Å². The van der Waals surface area contributed by atoms with Gasteiger partial charge in [0.1, 0.15) is 0 Å². The van der Waals surface area contributed by atoms with Crippen LogP contribution in [-0.4, -0.2) is 12.6 Å². The number of hydrogen-bond donors (Lipinski definition) is 0. The molecule has 1 aromatic rings. The third kappa shape index (κ3) is 2.02. The molecule has 1 atom stereocenters. The summed E-state index contributed by atoms with van der Waals surface area (Å²) >= 11 is 0. The van der Waals surface area contributed by atoms with Crippen molar-refractivity contribution in [3.05, 3.63) is 35.9 Å². The monoisotopic (exact) mass is 255 g/mol. The highest BCUT2D eigenvalue weighted by atomic mass is 16.5.